The molecule has 0 aliphatic heterocycles. The minimum Gasteiger partial charge on any atom is -0.423 e. The van der Waals surface area contributed by atoms with Gasteiger partial charge in [0.15, 0.2) is 11.6 Å². The number of ether oxygens (including phenoxy) is 4. The van der Waals surface area contributed by atoms with Gasteiger partial charge in [0.05, 0.1) is 4.90 Å². The van der Waals surface area contributed by atoms with E-state index < -0.39 is 35.5 Å². The van der Waals surface area contributed by atoms with E-state index in [0.29, 0.717) is 38.7 Å². The molecule has 0 aliphatic rings. The predicted molar refractivity (Wildman–Crippen MR) is 209 cm³/mol. The summed E-state index contributed by atoms with van der Waals surface area (Å²) in [5.74, 6) is -2.84. The van der Waals surface area contributed by atoms with Crippen molar-refractivity contribution in [3.8, 4) is 45.3 Å². The summed E-state index contributed by atoms with van der Waals surface area (Å²) in [6.07, 6.45) is 3.69. The highest BCUT2D eigenvalue weighted by molar-refractivity contribution is 7.99. The molecule has 280 valence electrons. The van der Waals surface area contributed by atoms with Crippen molar-refractivity contribution >= 4 is 47.4 Å². The van der Waals surface area contributed by atoms with Gasteiger partial charge in [0, 0.05) is 38.8 Å². The van der Waals surface area contributed by atoms with Crippen LogP contribution in [0.1, 0.15) is 27.7 Å². The molecule has 0 radical (unpaired) electrons. The molecule has 0 aromatic heterocycles. The number of esters is 4. The summed E-state index contributed by atoms with van der Waals surface area (Å²) in [5.41, 5.74) is 3.29. The minimum absolute atomic E-state index is 0.0985. The zero-order valence-electron chi connectivity index (χ0n) is 30.6. The molecule has 4 aromatic rings. The largest absolute Gasteiger partial charge is 0.423 e. The summed E-state index contributed by atoms with van der Waals surface area (Å²) in [7, 11) is 0. The molecule has 0 unspecified atom stereocenters. The normalized spacial score (nSPS) is 10.2. The molecule has 4 rings (SSSR count). The van der Waals surface area contributed by atoms with Gasteiger partial charge in [-0.05, 0) is 111 Å². The van der Waals surface area contributed by atoms with Crippen molar-refractivity contribution in [3.63, 3.8) is 0 Å². The van der Waals surface area contributed by atoms with Crippen molar-refractivity contribution < 1.29 is 46.9 Å². The van der Waals surface area contributed by atoms with E-state index >= 15 is 0 Å². The van der Waals surface area contributed by atoms with Crippen LogP contribution in [0.4, 0.5) is 8.78 Å². The lowest BCUT2D eigenvalue weighted by atomic mass is 10.0. The van der Waals surface area contributed by atoms with Gasteiger partial charge >= 0.3 is 23.9 Å². The topological polar surface area (TPSA) is 105 Å². The number of hydrogen-bond donors (Lipinski definition) is 0. The van der Waals surface area contributed by atoms with Gasteiger partial charge in [-0.15, -0.1) is 23.5 Å². The van der Waals surface area contributed by atoms with Crippen LogP contribution in [0.2, 0.25) is 0 Å². The van der Waals surface area contributed by atoms with Gasteiger partial charge in [0.1, 0.15) is 23.1 Å². The van der Waals surface area contributed by atoms with E-state index in [9.17, 15) is 28.0 Å². The number of hydrogen-bond acceptors (Lipinski definition) is 10. The van der Waals surface area contributed by atoms with Crippen molar-refractivity contribution in [2.75, 3.05) is 12.5 Å². The summed E-state index contributed by atoms with van der Waals surface area (Å²) in [5, 5.41) is 0. The third kappa shape index (κ3) is 11.6. The number of carbonyl (C=O) groups is 4. The van der Waals surface area contributed by atoms with Crippen LogP contribution in [-0.4, -0.2) is 36.4 Å². The minimum atomic E-state index is -0.685. The van der Waals surface area contributed by atoms with E-state index in [2.05, 4.69) is 26.3 Å². The van der Waals surface area contributed by atoms with E-state index in [0.717, 1.165) is 16.5 Å². The molecule has 8 nitrogen and oxygen atoms in total. The van der Waals surface area contributed by atoms with E-state index in [4.69, 9.17) is 18.9 Å². The number of halogens is 2. The first-order valence-corrected chi connectivity index (χ1v) is 18.4. The molecule has 12 heteroatoms. The summed E-state index contributed by atoms with van der Waals surface area (Å²) in [4.78, 5) is 48.0. The lowest BCUT2D eigenvalue weighted by Crippen LogP contribution is -2.09. The van der Waals surface area contributed by atoms with E-state index in [1.165, 1.54) is 61.6 Å². The van der Waals surface area contributed by atoms with Crippen LogP contribution in [0.3, 0.4) is 0 Å². The van der Waals surface area contributed by atoms with E-state index in [1.54, 1.807) is 56.3 Å². The Morgan fingerprint density at radius 3 is 1.37 bits per heavy atom. The predicted octanol–water partition coefficient (Wildman–Crippen LogP) is 10.4. The average Bonchev–Trinajstić information content (AvgIpc) is 3.12. The highest BCUT2D eigenvalue weighted by Gasteiger charge is 2.16. The Morgan fingerprint density at radius 1 is 0.481 bits per heavy atom. The van der Waals surface area contributed by atoms with Gasteiger partial charge in [-0.3, -0.25) is 0 Å². The van der Waals surface area contributed by atoms with Crippen LogP contribution in [0.15, 0.2) is 131 Å². The molecule has 0 amide bonds. The van der Waals surface area contributed by atoms with Gasteiger partial charge in [-0.1, -0.05) is 38.4 Å². The Bertz CT molecular complexity index is 2170. The smallest absolute Gasteiger partial charge is 0.338 e. The Hall–Kier alpha value is -5.72. The summed E-state index contributed by atoms with van der Waals surface area (Å²) < 4.78 is 49.4. The molecule has 4 aromatic carbocycles. The second kappa shape index (κ2) is 19.4. The lowest BCUT2D eigenvalue weighted by molar-refractivity contribution is -0.131. The maximum Gasteiger partial charge on any atom is 0.338 e. The highest BCUT2D eigenvalue weighted by Crippen LogP contribution is 2.36. The fourth-order valence-corrected chi connectivity index (χ4v) is 5.40. The van der Waals surface area contributed by atoms with Crippen LogP contribution in [0.5, 0.6) is 23.0 Å². The first kappa shape index (κ1) is 42.7. The molecule has 0 N–H and O–H groups in total. The van der Waals surface area contributed by atoms with Crippen molar-refractivity contribution in [2.45, 2.75) is 37.5 Å². The molecule has 0 fully saturated rings. The van der Waals surface area contributed by atoms with Crippen LogP contribution in [0.25, 0.3) is 22.3 Å². The van der Waals surface area contributed by atoms with Gasteiger partial charge in [0.2, 0.25) is 0 Å². The fourth-order valence-electron chi connectivity index (χ4n) is 4.20. The fraction of sp³-hybridized carbons (Fsp3) is 0.143. The molecular formula is C42H38F2O8S2. The number of thioether (sulfide) groups is 2. The molecule has 0 bridgehead atoms. The second-order valence-corrected chi connectivity index (χ2v) is 13.4. The van der Waals surface area contributed by atoms with Gasteiger partial charge in [0.25, 0.3) is 0 Å². The Balaban J connectivity index is 0.000000290. The molecule has 0 aliphatic carbocycles. The summed E-state index contributed by atoms with van der Waals surface area (Å²) >= 11 is 2.80. The third-order valence-corrected chi connectivity index (χ3v) is 8.59. The standard InChI is InChI=1S/2C21H19FO4S/c1-12(2)20(23)25-15-7-8-16(17(22)11-15)14-6-9-18(19(10-14)27-5)26-21(24)13(3)4;1-12(2)20(23)25-15-7-8-16(19(11-15)27-5)14-6-9-18(17(22)10-14)26-21(24)13(3)4/h2*6-11H,1,3H2,2,4-5H3. The van der Waals surface area contributed by atoms with Crippen LogP contribution in [-0.2, 0) is 19.2 Å². The lowest BCUT2D eigenvalue weighted by Gasteiger charge is -2.12. The quantitative estimate of drug-likeness (QED) is 0.0598. The van der Waals surface area contributed by atoms with Crippen molar-refractivity contribution in [3.05, 3.63) is 133 Å². The molecular weight excluding hydrogens is 735 g/mol. The Kier molecular flexibility index (Phi) is 15.3. The van der Waals surface area contributed by atoms with Crippen molar-refractivity contribution in [2.24, 2.45) is 0 Å². The molecule has 0 atom stereocenters. The Morgan fingerprint density at radius 2 is 0.907 bits per heavy atom. The third-order valence-electron chi connectivity index (χ3n) is 7.05. The zero-order chi connectivity index (χ0) is 40.3. The van der Waals surface area contributed by atoms with Gasteiger partial charge in [-0.25, -0.2) is 28.0 Å². The molecule has 0 spiro atoms. The number of carbonyl (C=O) groups excluding carboxylic acids is 4. The van der Waals surface area contributed by atoms with Gasteiger partial charge < -0.3 is 18.9 Å². The second-order valence-electron chi connectivity index (χ2n) is 11.7. The average molecular weight is 773 g/mol. The van der Waals surface area contributed by atoms with Crippen molar-refractivity contribution in [1.29, 1.82) is 0 Å². The summed E-state index contributed by atoms with van der Waals surface area (Å²) in [6, 6.07) is 18.6. The zero-order valence-corrected chi connectivity index (χ0v) is 32.2. The maximum absolute atomic E-state index is 14.5. The van der Waals surface area contributed by atoms with Crippen LogP contribution < -0.4 is 18.9 Å². The van der Waals surface area contributed by atoms with Crippen LogP contribution in [0, 0.1) is 11.6 Å². The first-order chi connectivity index (χ1) is 25.4. The SMILES string of the molecule is C=C(C)C(=O)Oc1ccc(-c2ccc(OC(=O)C(=C)C)c(F)c2)c(SC)c1.C=C(C)C(=O)Oc1ccc(-c2ccc(OC(=O)C(=C)C)c(SC)c2)c(F)c1. The van der Waals surface area contributed by atoms with E-state index in [-0.39, 0.29) is 28.2 Å². The maximum atomic E-state index is 14.5. The van der Waals surface area contributed by atoms with Gasteiger partial charge in [-0.2, -0.15) is 0 Å². The highest BCUT2D eigenvalue weighted by atomic mass is 32.2. The molecule has 0 heterocycles. The first-order valence-electron chi connectivity index (χ1n) is 15.9. The van der Waals surface area contributed by atoms with Crippen molar-refractivity contribution in [1.82, 2.24) is 0 Å². The molecule has 0 saturated carbocycles. The number of benzene rings is 4. The monoisotopic (exact) mass is 772 g/mol. The summed E-state index contributed by atoms with van der Waals surface area (Å²) in [6.45, 7) is 20.2. The Labute approximate surface area is 321 Å². The molecule has 54 heavy (non-hydrogen) atoms. The van der Waals surface area contributed by atoms with E-state index in [1.807, 2.05) is 12.5 Å². The number of rotatable bonds is 12. The van der Waals surface area contributed by atoms with Crippen LogP contribution >= 0.6 is 23.5 Å². The molecule has 0 saturated heterocycles.